The molecule has 0 saturated heterocycles. The predicted molar refractivity (Wildman–Crippen MR) is 98.1 cm³/mol. The molecule has 108 valence electrons. The van der Waals surface area contributed by atoms with Gasteiger partial charge in [-0.3, -0.25) is 4.57 Å². The summed E-state index contributed by atoms with van der Waals surface area (Å²) in [6.07, 6.45) is 0. The summed E-state index contributed by atoms with van der Waals surface area (Å²) in [6, 6.07) is 11.5. The minimum absolute atomic E-state index is 0.260. The Morgan fingerprint density at radius 2 is 1.90 bits per heavy atom. The Kier molecular flexibility index (Phi) is 4.37. The Morgan fingerprint density at radius 3 is 2.57 bits per heavy atom. The van der Waals surface area contributed by atoms with Gasteiger partial charge in [0.25, 0.3) is 0 Å². The van der Waals surface area contributed by atoms with Crippen molar-refractivity contribution < 1.29 is 0 Å². The van der Waals surface area contributed by atoms with Gasteiger partial charge in [-0.05, 0) is 59.8 Å². The van der Waals surface area contributed by atoms with Gasteiger partial charge < -0.3 is 0 Å². The summed E-state index contributed by atoms with van der Waals surface area (Å²) in [5.41, 5.74) is 2.46. The van der Waals surface area contributed by atoms with E-state index < -0.39 is 0 Å². The van der Waals surface area contributed by atoms with Crippen LogP contribution in [0, 0.1) is 3.57 Å². The van der Waals surface area contributed by atoms with E-state index in [1.807, 2.05) is 47.9 Å². The molecular weight excluding hydrogens is 441 g/mol. The molecule has 1 unspecified atom stereocenters. The number of aromatic nitrogens is 2. The van der Waals surface area contributed by atoms with Crippen LogP contribution in [0.25, 0.3) is 16.7 Å². The summed E-state index contributed by atoms with van der Waals surface area (Å²) >= 11 is 21.3. The van der Waals surface area contributed by atoms with Crippen LogP contribution in [0.15, 0.2) is 36.4 Å². The number of alkyl halides is 1. The van der Waals surface area contributed by atoms with Crippen molar-refractivity contribution in [3.63, 3.8) is 0 Å². The van der Waals surface area contributed by atoms with E-state index in [9.17, 15) is 0 Å². The highest BCUT2D eigenvalue weighted by atomic mass is 127. The quantitative estimate of drug-likeness (QED) is 0.333. The van der Waals surface area contributed by atoms with Crippen molar-refractivity contribution in [2.75, 3.05) is 0 Å². The molecule has 3 aromatic rings. The lowest BCUT2D eigenvalue weighted by atomic mass is 10.2. The third kappa shape index (κ3) is 2.77. The molecule has 1 aromatic heterocycles. The summed E-state index contributed by atoms with van der Waals surface area (Å²) in [4.78, 5) is 4.60. The van der Waals surface area contributed by atoms with Gasteiger partial charge in [0, 0.05) is 3.57 Å². The van der Waals surface area contributed by atoms with Crippen LogP contribution >= 0.6 is 57.4 Å². The van der Waals surface area contributed by atoms with Crippen LogP contribution in [0.4, 0.5) is 0 Å². The number of imidazole rings is 1. The molecule has 21 heavy (non-hydrogen) atoms. The first-order valence-electron chi connectivity index (χ1n) is 6.25. The smallest absolute Gasteiger partial charge is 0.132 e. The standard InChI is InChI=1S/C15H10Cl3IN2/c1-8(16)15-20-12-4-2-3-10(17)14(12)21(15)13-6-5-9(19)7-11(13)18/h2-8H,1H3. The van der Waals surface area contributed by atoms with E-state index in [-0.39, 0.29) is 5.38 Å². The van der Waals surface area contributed by atoms with E-state index in [4.69, 9.17) is 34.8 Å². The fraction of sp³-hybridized carbons (Fsp3) is 0.133. The van der Waals surface area contributed by atoms with Crippen molar-refractivity contribution in [2.24, 2.45) is 0 Å². The highest BCUT2D eigenvalue weighted by Gasteiger charge is 2.19. The number of hydrogen-bond acceptors (Lipinski definition) is 1. The minimum atomic E-state index is -0.260. The molecule has 0 aliphatic carbocycles. The van der Waals surface area contributed by atoms with E-state index in [0.29, 0.717) is 10.0 Å². The molecule has 0 spiro atoms. The number of hydrogen-bond donors (Lipinski definition) is 0. The van der Waals surface area contributed by atoms with E-state index >= 15 is 0 Å². The Labute approximate surface area is 151 Å². The molecular formula is C15H10Cl3IN2. The lowest BCUT2D eigenvalue weighted by molar-refractivity contribution is 0.882. The maximum atomic E-state index is 6.41. The molecule has 0 saturated carbocycles. The van der Waals surface area contributed by atoms with Crippen LogP contribution in [0.5, 0.6) is 0 Å². The van der Waals surface area contributed by atoms with Crippen molar-refractivity contribution in [1.82, 2.24) is 9.55 Å². The number of halogens is 4. The topological polar surface area (TPSA) is 17.8 Å². The molecule has 0 N–H and O–H groups in total. The number of rotatable bonds is 2. The molecule has 0 bridgehead atoms. The minimum Gasteiger partial charge on any atom is -0.292 e. The second-order valence-corrected chi connectivity index (χ2v) is 7.34. The molecule has 0 fully saturated rings. The zero-order valence-electron chi connectivity index (χ0n) is 10.9. The zero-order valence-corrected chi connectivity index (χ0v) is 15.4. The summed E-state index contributed by atoms with van der Waals surface area (Å²) in [5, 5.41) is 1.00. The first-order valence-corrected chi connectivity index (χ1v) is 8.52. The average Bonchev–Trinajstić information content (AvgIpc) is 2.80. The van der Waals surface area contributed by atoms with Crippen molar-refractivity contribution in [3.8, 4) is 5.69 Å². The zero-order chi connectivity index (χ0) is 15.1. The number of nitrogens with zero attached hydrogens (tertiary/aromatic N) is 2. The molecule has 3 rings (SSSR count). The van der Waals surface area contributed by atoms with Gasteiger partial charge in [0.1, 0.15) is 5.82 Å². The summed E-state index contributed by atoms with van der Waals surface area (Å²) < 4.78 is 3.01. The third-order valence-electron chi connectivity index (χ3n) is 3.16. The monoisotopic (exact) mass is 450 g/mol. The van der Waals surface area contributed by atoms with Gasteiger partial charge in [0.15, 0.2) is 0 Å². The Hall–Kier alpha value is -0.490. The van der Waals surface area contributed by atoms with Crippen LogP contribution in [0.1, 0.15) is 18.1 Å². The highest BCUT2D eigenvalue weighted by molar-refractivity contribution is 14.1. The van der Waals surface area contributed by atoms with Gasteiger partial charge in [-0.25, -0.2) is 4.98 Å². The van der Waals surface area contributed by atoms with Crippen molar-refractivity contribution >= 4 is 68.4 Å². The molecule has 1 atom stereocenters. The van der Waals surface area contributed by atoms with Crippen LogP contribution in [0.2, 0.25) is 10.0 Å². The molecule has 0 aliphatic heterocycles. The summed E-state index contributed by atoms with van der Waals surface area (Å²) in [6.45, 7) is 1.88. The Bertz CT molecular complexity index is 827. The molecule has 2 nitrogen and oxygen atoms in total. The van der Waals surface area contributed by atoms with Gasteiger partial charge in [0.05, 0.1) is 32.1 Å². The summed E-state index contributed by atoms with van der Waals surface area (Å²) in [5.74, 6) is 0.725. The third-order valence-corrected chi connectivity index (χ3v) is 4.63. The van der Waals surface area contributed by atoms with Gasteiger partial charge in [-0.2, -0.15) is 0 Å². The number of benzene rings is 2. The molecule has 1 heterocycles. The Balaban J connectivity index is 2.41. The van der Waals surface area contributed by atoms with E-state index in [0.717, 1.165) is 26.1 Å². The van der Waals surface area contributed by atoms with E-state index in [2.05, 4.69) is 27.6 Å². The van der Waals surface area contributed by atoms with Crippen molar-refractivity contribution in [3.05, 3.63) is 55.8 Å². The van der Waals surface area contributed by atoms with Crippen LogP contribution in [-0.4, -0.2) is 9.55 Å². The molecule has 0 radical (unpaired) electrons. The molecule has 2 aromatic carbocycles. The first kappa shape index (κ1) is 15.4. The van der Waals surface area contributed by atoms with E-state index in [1.165, 1.54) is 0 Å². The number of para-hydroxylation sites is 1. The lowest BCUT2D eigenvalue weighted by Gasteiger charge is -2.13. The van der Waals surface area contributed by atoms with Crippen LogP contribution in [0.3, 0.4) is 0 Å². The van der Waals surface area contributed by atoms with Crippen molar-refractivity contribution in [2.45, 2.75) is 12.3 Å². The average molecular weight is 452 g/mol. The van der Waals surface area contributed by atoms with Gasteiger partial charge in [0.2, 0.25) is 0 Å². The van der Waals surface area contributed by atoms with E-state index in [1.54, 1.807) is 0 Å². The second-order valence-electron chi connectivity index (χ2n) is 4.62. The fourth-order valence-corrected chi connectivity index (χ4v) is 3.62. The Morgan fingerprint density at radius 1 is 1.14 bits per heavy atom. The second kappa shape index (κ2) is 5.95. The first-order chi connectivity index (χ1) is 9.99. The maximum absolute atomic E-state index is 6.41. The molecule has 6 heteroatoms. The maximum Gasteiger partial charge on any atom is 0.132 e. The van der Waals surface area contributed by atoms with Gasteiger partial charge in [-0.15, -0.1) is 11.6 Å². The van der Waals surface area contributed by atoms with Crippen molar-refractivity contribution in [1.29, 1.82) is 0 Å². The fourth-order valence-electron chi connectivity index (χ4n) is 2.28. The normalized spacial score (nSPS) is 12.8. The van der Waals surface area contributed by atoms with Gasteiger partial charge >= 0.3 is 0 Å². The predicted octanol–water partition coefficient (Wildman–Crippen LogP) is 6.24. The van der Waals surface area contributed by atoms with Gasteiger partial charge in [-0.1, -0.05) is 29.3 Å². The molecule has 0 amide bonds. The van der Waals surface area contributed by atoms with Crippen LogP contribution < -0.4 is 0 Å². The largest absolute Gasteiger partial charge is 0.292 e. The SMILES string of the molecule is CC(Cl)c1nc2cccc(Cl)c2n1-c1ccc(I)cc1Cl. The number of fused-ring (bicyclic) bond motifs is 1. The highest BCUT2D eigenvalue weighted by Crippen LogP contribution is 2.34. The molecule has 0 aliphatic rings. The lowest BCUT2D eigenvalue weighted by Crippen LogP contribution is -2.03. The summed E-state index contributed by atoms with van der Waals surface area (Å²) in [7, 11) is 0. The van der Waals surface area contributed by atoms with Crippen LogP contribution in [-0.2, 0) is 0 Å².